The van der Waals surface area contributed by atoms with Gasteiger partial charge < -0.3 is 9.47 Å². The molecule has 1 atom stereocenters. The lowest BCUT2D eigenvalue weighted by Crippen LogP contribution is -2.10. The summed E-state index contributed by atoms with van der Waals surface area (Å²) in [6, 6.07) is 7.48. The zero-order chi connectivity index (χ0) is 22.3. The number of hydrogen-bond acceptors (Lipinski definition) is 5. The van der Waals surface area contributed by atoms with E-state index in [1.165, 1.54) is 44.9 Å². The minimum absolute atomic E-state index is 0.199. The molecule has 0 fully saturated rings. The molecule has 5 nitrogen and oxygen atoms in total. The Bertz CT molecular complexity index is 779. The van der Waals surface area contributed by atoms with E-state index in [9.17, 15) is 4.79 Å². The zero-order valence-corrected chi connectivity index (χ0v) is 19.4. The van der Waals surface area contributed by atoms with Crippen molar-refractivity contribution in [1.29, 1.82) is 0 Å². The van der Waals surface area contributed by atoms with Crippen LogP contribution in [0.25, 0.3) is 11.3 Å². The van der Waals surface area contributed by atoms with Crippen molar-refractivity contribution >= 4 is 5.97 Å². The maximum atomic E-state index is 12.4. The van der Waals surface area contributed by atoms with E-state index in [-0.39, 0.29) is 5.97 Å². The predicted octanol–water partition coefficient (Wildman–Crippen LogP) is 7.00. The Morgan fingerprint density at radius 2 is 1.68 bits per heavy atom. The zero-order valence-electron chi connectivity index (χ0n) is 19.4. The van der Waals surface area contributed by atoms with E-state index in [0.29, 0.717) is 36.1 Å². The van der Waals surface area contributed by atoms with Crippen LogP contribution in [0.3, 0.4) is 0 Å². The first-order valence-electron chi connectivity index (χ1n) is 11.9. The molecule has 0 aliphatic carbocycles. The molecular weight excluding hydrogens is 388 g/mol. The summed E-state index contributed by atoms with van der Waals surface area (Å²) in [5.74, 6) is 1.36. The van der Waals surface area contributed by atoms with Gasteiger partial charge in [-0.25, -0.2) is 9.97 Å². The predicted molar refractivity (Wildman–Crippen MR) is 125 cm³/mol. The lowest BCUT2D eigenvalue weighted by molar-refractivity contribution is -0.134. The second-order valence-electron chi connectivity index (χ2n) is 8.26. The van der Waals surface area contributed by atoms with Gasteiger partial charge in [0.25, 0.3) is 0 Å². The minimum Gasteiger partial charge on any atom is -0.489 e. The second-order valence-corrected chi connectivity index (χ2v) is 8.26. The van der Waals surface area contributed by atoms with Crippen LogP contribution < -0.4 is 9.47 Å². The van der Waals surface area contributed by atoms with Crippen molar-refractivity contribution in [3.05, 3.63) is 36.8 Å². The SMILES string of the molecule is CCCCCCCCCCC(=O)Oc1ccccc1-c1ncncc1OCC(C)CC. The summed E-state index contributed by atoms with van der Waals surface area (Å²) < 4.78 is 11.7. The van der Waals surface area contributed by atoms with Gasteiger partial charge in [-0.3, -0.25) is 4.79 Å². The molecule has 2 aromatic rings. The molecule has 0 amide bonds. The number of ether oxygens (including phenoxy) is 2. The van der Waals surface area contributed by atoms with Crippen molar-refractivity contribution in [3.63, 3.8) is 0 Å². The molecule has 1 aromatic heterocycles. The summed E-state index contributed by atoms with van der Waals surface area (Å²) >= 11 is 0. The fraction of sp³-hybridized carbons (Fsp3) is 0.577. The monoisotopic (exact) mass is 426 g/mol. The molecule has 0 saturated heterocycles. The Balaban J connectivity index is 1.92. The lowest BCUT2D eigenvalue weighted by atomic mass is 10.1. The van der Waals surface area contributed by atoms with Gasteiger partial charge in [-0.2, -0.15) is 0 Å². The molecule has 0 N–H and O–H groups in total. The van der Waals surface area contributed by atoms with E-state index in [0.717, 1.165) is 24.8 Å². The molecule has 0 aliphatic rings. The molecular formula is C26H38N2O3. The summed E-state index contributed by atoms with van der Waals surface area (Å²) in [5.41, 5.74) is 1.39. The van der Waals surface area contributed by atoms with Crippen LogP contribution in [0.2, 0.25) is 0 Å². The van der Waals surface area contributed by atoms with E-state index in [4.69, 9.17) is 9.47 Å². The molecule has 1 aromatic carbocycles. The van der Waals surface area contributed by atoms with Gasteiger partial charge in [0.15, 0.2) is 5.75 Å². The van der Waals surface area contributed by atoms with Crippen LogP contribution in [0.4, 0.5) is 0 Å². The van der Waals surface area contributed by atoms with Crippen molar-refractivity contribution in [2.24, 2.45) is 5.92 Å². The molecule has 2 rings (SSSR count). The summed E-state index contributed by atoms with van der Waals surface area (Å²) in [4.78, 5) is 20.9. The van der Waals surface area contributed by atoms with E-state index < -0.39 is 0 Å². The highest BCUT2D eigenvalue weighted by Gasteiger charge is 2.16. The van der Waals surface area contributed by atoms with E-state index in [1.54, 1.807) is 6.20 Å². The Labute approximate surface area is 187 Å². The minimum atomic E-state index is -0.199. The fourth-order valence-corrected chi connectivity index (χ4v) is 3.30. The Kier molecular flexibility index (Phi) is 11.7. The lowest BCUT2D eigenvalue weighted by Gasteiger charge is -2.15. The number of carbonyl (C=O) groups excluding carboxylic acids is 1. The molecule has 0 spiro atoms. The molecule has 0 bridgehead atoms. The number of rotatable bonds is 15. The first-order valence-corrected chi connectivity index (χ1v) is 11.9. The smallest absolute Gasteiger partial charge is 0.311 e. The summed E-state index contributed by atoms with van der Waals surface area (Å²) in [7, 11) is 0. The van der Waals surface area contributed by atoms with Gasteiger partial charge in [0.2, 0.25) is 0 Å². The van der Waals surface area contributed by atoms with Crippen molar-refractivity contribution in [2.75, 3.05) is 6.61 Å². The van der Waals surface area contributed by atoms with Crippen molar-refractivity contribution < 1.29 is 14.3 Å². The van der Waals surface area contributed by atoms with Crippen molar-refractivity contribution in [3.8, 4) is 22.8 Å². The first kappa shape index (κ1) is 24.8. The van der Waals surface area contributed by atoms with Gasteiger partial charge in [-0.1, -0.05) is 84.3 Å². The standard InChI is InChI=1S/C26H38N2O3/c1-4-6-7-8-9-10-11-12-17-25(29)31-23-16-14-13-15-22(23)26-24(18-27-20-28-26)30-19-21(3)5-2/h13-16,18,20-21H,4-12,17,19H2,1-3H3. The second kappa shape index (κ2) is 14.6. The third-order valence-corrected chi connectivity index (χ3v) is 5.50. The molecule has 31 heavy (non-hydrogen) atoms. The van der Waals surface area contributed by atoms with E-state index in [2.05, 4.69) is 30.7 Å². The number of hydrogen-bond donors (Lipinski definition) is 0. The van der Waals surface area contributed by atoms with Gasteiger partial charge in [-0.05, 0) is 24.5 Å². The number of benzene rings is 1. The highest BCUT2D eigenvalue weighted by molar-refractivity contribution is 5.78. The van der Waals surface area contributed by atoms with Gasteiger partial charge in [-0.15, -0.1) is 0 Å². The van der Waals surface area contributed by atoms with Crippen LogP contribution in [0.15, 0.2) is 36.8 Å². The third-order valence-electron chi connectivity index (χ3n) is 5.50. The van der Waals surface area contributed by atoms with Crippen LogP contribution in [0.1, 0.15) is 85.0 Å². The maximum absolute atomic E-state index is 12.4. The van der Waals surface area contributed by atoms with Crippen LogP contribution >= 0.6 is 0 Å². The number of nitrogens with zero attached hydrogens (tertiary/aromatic N) is 2. The number of esters is 1. The van der Waals surface area contributed by atoms with Crippen molar-refractivity contribution in [1.82, 2.24) is 9.97 Å². The largest absolute Gasteiger partial charge is 0.489 e. The molecule has 1 unspecified atom stereocenters. The Morgan fingerprint density at radius 3 is 2.42 bits per heavy atom. The summed E-state index contributed by atoms with van der Waals surface area (Å²) in [6.45, 7) is 7.11. The van der Waals surface area contributed by atoms with Crippen LogP contribution in [-0.4, -0.2) is 22.5 Å². The van der Waals surface area contributed by atoms with Crippen molar-refractivity contribution in [2.45, 2.75) is 85.0 Å². The maximum Gasteiger partial charge on any atom is 0.311 e. The third kappa shape index (κ3) is 9.07. The highest BCUT2D eigenvalue weighted by Crippen LogP contribution is 2.34. The normalized spacial score (nSPS) is 11.8. The van der Waals surface area contributed by atoms with Gasteiger partial charge >= 0.3 is 5.97 Å². The molecule has 0 radical (unpaired) electrons. The van der Waals surface area contributed by atoms with E-state index >= 15 is 0 Å². The number of aromatic nitrogens is 2. The molecule has 0 saturated carbocycles. The summed E-state index contributed by atoms with van der Waals surface area (Å²) in [6.07, 6.45) is 14.2. The molecule has 170 valence electrons. The molecule has 0 aliphatic heterocycles. The van der Waals surface area contributed by atoms with E-state index in [1.807, 2.05) is 24.3 Å². The van der Waals surface area contributed by atoms with Crippen LogP contribution in [0.5, 0.6) is 11.5 Å². The number of carbonyl (C=O) groups is 1. The average molecular weight is 427 g/mol. The van der Waals surface area contributed by atoms with Gasteiger partial charge in [0, 0.05) is 12.0 Å². The Hall–Kier alpha value is -2.43. The summed E-state index contributed by atoms with van der Waals surface area (Å²) in [5, 5.41) is 0. The van der Waals surface area contributed by atoms with Crippen LogP contribution in [-0.2, 0) is 4.79 Å². The number of unbranched alkanes of at least 4 members (excludes halogenated alkanes) is 7. The molecule has 5 heteroatoms. The first-order chi connectivity index (χ1) is 15.2. The fourth-order valence-electron chi connectivity index (χ4n) is 3.30. The Morgan fingerprint density at radius 1 is 0.968 bits per heavy atom. The average Bonchev–Trinajstić information content (AvgIpc) is 2.80. The van der Waals surface area contributed by atoms with Gasteiger partial charge in [0.1, 0.15) is 17.8 Å². The topological polar surface area (TPSA) is 61.3 Å². The highest BCUT2D eigenvalue weighted by atomic mass is 16.5. The quantitative estimate of drug-likeness (QED) is 0.174. The van der Waals surface area contributed by atoms with Gasteiger partial charge in [0.05, 0.1) is 12.8 Å². The molecule has 1 heterocycles. The number of para-hydroxylation sites is 1. The van der Waals surface area contributed by atoms with Crippen LogP contribution in [0, 0.1) is 5.92 Å².